The van der Waals surface area contributed by atoms with Gasteiger partial charge in [-0.2, -0.15) is 0 Å². The number of hydrogen-bond acceptors (Lipinski definition) is 6. The maximum Gasteiger partial charge on any atom is 0.161 e. The lowest BCUT2D eigenvalue weighted by molar-refractivity contribution is -0.133. The molecule has 6 nitrogen and oxygen atoms in total. The first-order valence-corrected chi connectivity index (χ1v) is 19.5. The van der Waals surface area contributed by atoms with Gasteiger partial charge < -0.3 is 10.2 Å². The van der Waals surface area contributed by atoms with E-state index in [0.29, 0.717) is 59.9 Å². The third-order valence-electron chi connectivity index (χ3n) is 17.0. The van der Waals surface area contributed by atoms with E-state index in [9.17, 15) is 29.4 Å². The second-order valence-electron chi connectivity index (χ2n) is 18.5. The first-order valence-electron chi connectivity index (χ1n) is 19.5. The Hall–Kier alpha value is -1.92. The number of hydrogen-bond donors (Lipinski definition) is 2. The van der Waals surface area contributed by atoms with Gasteiger partial charge in [0.05, 0.1) is 0 Å². The normalized spacial score (nSPS) is 47.5. The second-order valence-corrected chi connectivity index (χ2v) is 18.5. The molecule has 8 aliphatic carbocycles. The Morgan fingerprint density at radius 3 is 1.33 bits per heavy atom. The van der Waals surface area contributed by atoms with Crippen molar-refractivity contribution < 1.29 is 29.4 Å². The summed E-state index contributed by atoms with van der Waals surface area (Å²) in [7, 11) is 0. The van der Waals surface area contributed by atoms with Crippen LogP contribution >= 0.6 is 0 Å². The van der Waals surface area contributed by atoms with Crippen LogP contribution in [0.25, 0.3) is 0 Å². The van der Waals surface area contributed by atoms with E-state index < -0.39 is 0 Å². The van der Waals surface area contributed by atoms with Gasteiger partial charge in [-0.3, -0.25) is 19.2 Å². The molecule has 12 atom stereocenters. The van der Waals surface area contributed by atoms with Crippen molar-refractivity contribution in [3.05, 3.63) is 23.3 Å². The Kier molecular flexibility index (Phi) is 8.91. The van der Waals surface area contributed by atoms with Crippen molar-refractivity contribution in [2.75, 3.05) is 13.2 Å². The predicted octanol–water partition coefficient (Wildman–Crippen LogP) is 7.39. The van der Waals surface area contributed by atoms with E-state index in [1.807, 2.05) is 12.2 Å². The Balaban J connectivity index is 0.000000152. The van der Waals surface area contributed by atoms with Gasteiger partial charge in [-0.05, 0) is 159 Å². The quantitative estimate of drug-likeness (QED) is 0.326. The highest BCUT2D eigenvalue weighted by molar-refractivity contribution is 5.92. The van der Waals surface area contributed by atoms with Crippen LogP contribution in [0.1, 0.15) is 130 Å². The van der Waals surface area contributed by atoms with E-state index in [2.05, 4.69) is 27.7 Å². The first kappa shape index (κ1) is 34.5. The first-order chi connectivity index (χ1) is 22.8. The van der Waals surface area contributed by atoms with Gasteiger partial charge >= 0.3 is 0 Å². The van der Waals surface area contributed by atoms with E-state index in [-0.39, 0.29) is 58.3 Å². The smallest absolute Gasteiger partial charge is 0.161 e. The second kappa shape index (κ2) is 12.4. The SMILES string of the molecule is C[C@]12CC[C@H]3[C@@H](CCC4=CC(=O)CC[C@@]43C)[C@@H]1CC[C@@H]2C(=O)CO.C[C@]12CC[C@H]3[C@@H](CCC4=CC(=O)CC[C@@]43C)[C@@H]1CC[C@@H]2C(=O)CO. The molecule has 0 unspecified atom stereocenters. The predicted molar refractivity (Wildman–Crippen MR) is 185 cm³/mol. The van der Waals surface area contributed by atoms with Crippen LogP contribution in [0.5, 0.6) is 0 Å². The van der Waals surface area contributed by atoms with Crippen LogP contribution < -0.4 is 0 Å². The number of Topliss-reactive ketones (excluding diaryl/α,β-unsaturated/α-hetero) is 2. The summed E-state index contributed by atoms with van der Waals surface area (Å²) in [5.41, 5.74) is 3.40. The van der Waals surface area contributed by atoms with Gasteiger partial charge in [-0.1, -0.05) is 38.8 Å². The van der Waals surface area contributed by atoms with Crippen molar-refractivity contribution >= 4 is 23.1 Å². The van der Waals surface area contributed by atoms with Crippen LogP contribution in [0.15, 0.2) is 23.3 Å². The maximum absolute atomic E-state index is 12.3. The third-order valence-corrected chi connectivity index (χ3v) is 17.0. The van der Waals surface area contributed by atoms with E-state index in [0.717, 1.165) is 64.2 Å². The highest BCUT2D eigenvalue weighted by atomic mass is 16.3. The summed E-state index contributed by atoms with van der Waals surface area (Å²) < 4.78 is 0. The van der Waals surface area contributed by atoms with Gasteiger partial charge in [-0.15, -0.1) is 0 Å². The van der Waals surface area contributed by atoms with Gasteiger partial charge in [0.15, 0.2) is 23.1 Å². The summed E-state index contributed by atoms with van der Waals surface area (Å²) >= 11 is 0. The van der Waals surface area contributed by atoms with Gasteiger partial charge in [0.1, 0.15) is 13.2 Å². The molecular weight excluding hydrogens is 600 g/mol. The summed E-state index contributed by atoms with van der Waals surface area (Å²) in [5, 5.41) is 18.7. The van der Waals surface area contributed by atoms with Crippen molar-refractivity contribution in [1.82, 2.24) is 0 Å². The molecule has 0 amide bonds. The zero-order valence-electron chi connectivity index (χ0n) is 30.0. The van der Waals surface area contributed by atoms with Crippen molar-refractivity contribution in [1.29, 1.82) is 0 Å². The van der Waals surface area contributed by atoms with Crippen LogP contribution in [-0.2, 0) is 19.2 Å². The molecule has 8 aliphatic rings. The van der Waals surface area contributed by atoms with Gasteiger partial charge in [0, 0.05) is 24.7 Å². The molecule has 264 valence electrons. The van der Waals surface area contributed by atoms with Crippen molar-refractivity contribution in [2.45, 2.75) is 130 Å². The number of ketones is 4. The topological polar surface area (TPSA) is 109 Å². The molecule has 0 aromatic carbocycles. The van der Waals surface area contributed by atoms with Crippen LogP contribution in [0.2, 0.25) is 0 Å². The number of fused-ring (bicyclic) bond motifs is 10. The molecule has 0 bridgehead atoms. The molecular formula is C42H60O6. The minimum Gasteiger partial charge on any atom is -0.389 e. The molecule has 0 aromatic heterocycles. The molecule has 48 heavy (non-hydrogen) atoms. The van der Waals surface area contributed by atoms with Gasteiger partial charge in [0.25, 0.3) is 0 Å². The Labute approximate surface area is 288 Å². The van der Waals surface area contributed by atoms with Crippen molar-refractivity contribution in [3.63, 3.8) is 0 Å². The number of aliphatic hydroxyl groups is 2. The zero-order chi connectivity index (χ0) is 34.2. The molecule has 6 heteroatoms. The van der Waals surface area contributed by atoms with E-state index in [4.69, 9.17) is 0 Å². The summed E-state index contributed by atoms with van der Waals surface area (Å²) in [6, 6.07) is 0. The van der Waals surface area contributed by atoms with Crippen LogP contribution in [0.3, 0.4) is 0 Å². The molecule has 0 spiro atoms. The third kappa shape index (κ3) is 5.15. The van der Waals surface area contributed by atoms with Crippen LogP contribution in [0.4, 0.5) is 0 Å². The fourth-order valence-electron chi connectivity index (χ4n) is 14.4. The summed E-state index contributed by atoms with van der Waals surface area (Å²) in [6.45, 7) is 8.84. The lowest BCUT2D eigenvalue weighted by Crippen LogP contribution is -2.51. The van der Waals surface area contributed by atoms with E-state index in [1.165, 1.54) is 36.8 Å². The van der Waals surface area contributed by atoms with Crippen molar-refractivity contribution in [2.24, 2.45) is 69.0 Å². The van der Waals surface area contributed by atoms with Crippen molar-refractivity contribution in [3.8, 4) is 0 Å². The van der Waals surface area contributed by atoms with Gasteiger partial charge in [0.2, 0.25) is 0 Å². The average molecular weight is 661 g/mol. The lowest BCUT2D eigenvalue weighted by atomic mass is 9.46. The molecule has 6 fully saturated rings. The van der Waals surface area contributed by atoms with Crippen LogP contribution in [-0.4, -0.2) is 46.6 Å². The summed E-state index contributed by atoms with van der Waals surface area (Å²) in [4.78, 5) is 48.3. The molecule has 0 radical (unpaired) electrons. The standard InChI is InChI=1S/2C21H30O3/c2*1-20-9-7-14(23)11-13(20)3-4-15-16-5-6-18(19(24)12-22)21(16,2)10-8-17(15)20/h2*11,15-18,22H,3-10,12H2,1-2H3/t2*15-,16-,17-,18+,20-,21-/m00/s1. The number of carbonyl (C=O) groups is 4. The Morgan fingerprint density at radius 2 is 0.958 bits per heavy atom. The molecule has 8 rings (SSSR count). The average Bonchev–Trinajstić information content (AvgIpc) is 3.62. The summed E-state index contributed by atoms with van der Waals surface area (Å²) in [6.07, 6.45) is 20.6. The lowest BCUT2D eigenvalue weighted by Gasteiger charge is -2.58. The largest absolute Gasteiger partial charge is 0.389 e. The van der Waals surface area contributed by atoms with Gasteiger partial charge in [-0.25, -0.2) is 0 Å². The monoisotopic (exact) mass is 660 g/mol. The molecule has 0 saturated heterocycles. The minimum absolute atomic E-state index is 0.0596. The fraction of sp³-hybridized carbons (Fsp3) is 0.810. The maximum atomic E-state index is 12.3. The number of allylic oxidation sites excluding steroid dienone is 2. The highest BCUT2D eigenvalue weighted by Gasteiger charge is 2.61. The minimum atomic E-state index is -0.298. The molecule has 0 aliphatic heterocycles. The Bertz CT molecular complexity index is 1320. The fourth-order valence-corrected chi connectivity index (χ4v) is 14.4. The number of rotatable bonds is 4. The van der Waals surface area contributed by atoms with E-state index in [1.54, 1.807) is 0 Å². The van der Waals surface area contributed by atoms with E-state index >= 15 is 0 Å². The molecule has 0 heterocycles. The molecule has 6 saturated carbocycles. The van der Waals surface area contributed by atoms with Crippen LogP contribution in [0, 0.1) is 69.0 Å². The number of aliphatic hydroxyl groups excluding tert-OH is 2. The Morgan fingerprint density at radius 1 is 0.562 bits per heavy atom. The molecule has 2 N–H and O–H groups in total. The highest BCUT2D eigenvalue weighted by Crippen LogP contribution is 2.68. The summed E-state index contributed by atoms with van der Waals surface area (Å²) in [5.74, 6) is 4.84. The number of carbonyl (C=O) groups excluding carboxylic acids is 4. The molecule has 0 aromatic rings. The zero-order valence-corrected chi connectivity index (χ0v) is 30.0.